The van der Waals surface area contributed by atoms with Crippen molar-refractivity contribution in [1.82, 2.24) is 4.90 Å². The lowest BCUT2D eigenvalue weighted by Crippen LogP contribution is -2.43. The van der Waals surface area contributed by atoms with Crippen LogP contribution >= 0.6 is 0 Å². The van der Waals surface area contributed by atoms with Gasteiger partial charge in [-0.25, -0.2) is 4.39 Å². The molecule has 2 aromatic rings. The fraction of sp³-hybridized carbons (Fsp3) is 0.444. The highest BCUT2D eigenvalue weighted by Gasteiger charge is 2.23. The minimum atomic E-state index is -0.577. The van der Waals surface area contributed by atoms with Crippen LogP contribution in [0.2, 0.25) is 0 Å². The lowest BCUT2D eigenvalue weighted by molar-refractivity contribution is -0.0544. The Morgan fingerprint density at radius 3 is 2.88 bits per heavy atom. The van der Waals surface area contributed by atoms with E-state index in [0.29, 0.717) is 26.3 Å². The number of rotatable bonds is 7. The van der Waals surface area contributed by atoms with Gasteiger partial charge in [0, 0.05) is 19.6 Å². The van der Waals surface area contributed by atoms with Crippen molar-refractivity contribution >= 4 is 0 Å². The summed E-state index contributed by atoms with van der Waals surface area (Å²) in [6.45, 7) is 3.12. The van der Waals surface area contributed by atoms with E-state index in [4.69, 9.17) is 13.9 Å². The van der Waals surface area contributed by atoms with Gasteiger partial charge in [-0.1, -0.05) is 12.1 Å². The summed E-state index contributed by atoms with van der Waals surface area (Å²) in [6.07, 6.45) is 0.917. The first kappa shape index (κ1) is 17.1. The van der Waals surface area contributed by atoms with Crippen molar-refractivity contribution in [2.45, 2.75) is 18.8 Å². The molecule has 1 fully saturated rings. The van der Waals surface area contributed by atoms with Crippen LogP contribution in [0.25, 0.3) is 0 Å². The van der Waals surface area contributed by atoms with Crippen molar-refractivity contribution in [3.05, 3.63) is 59.8 Å². The quantitative estimate of drug-likeness (QED) is 0.842. The lowest BCUT2D eigenvalue weighted by atomic mass is 10.1. The first-order valence-electron chi connectivity index (χ1n) is 8.08. The van der Waals surface area contributed by atoms with Crippen molar-refractivity contribution in [3.63, 3.8) is 0 Å². The molecule has 1 N–H and O–H groups in total. The van der Waals surface area contributed by atoms with Gasteiger partial charge in [0.1, 0.15) is 18.2 Å². The first-order valence-corrected chi connectivity index (χ1v) is 8.08. The zero-order valence-electron chi connectivity index (χ0n) is 13.4. The average Bonchev–Trinajstić information content (AvgIpc) is 3.09. The molecule has 1 aromatic heterocycles. The molecule has 2 atom stereocenters. The molecule has 0 amide bonds. The molecule has 0 unspecified atom stereocenters. The average molecular weight is 335 g/mol. The van der Waals surface area contributed by atoms with Crippen molar-refractivity contribution in [2.24, 2.45) is 0 Å². The molecule has 3 rings (SSSR count). The highest BCUT2D eigenvalue weighted by molar-refractivity contribution is 5.19. The monoisotopic (exact) mass is 335 g/mol. The third-order valence-electron chi connectivity index (χ3n) is 4.00. The summed E-state index contributed by atoms with van der Waals surface area (Å²) < 4.78 is 29.4. The third kappa shape index (κ3) is 4.88. The summed E-state index contributed by atoms with van der Waals surface area (Å²) in [4.78, 5) is 2.14. The van der Waals surface area contributed by atoms with Gasteiger partial charge >= 0.3 is 0 Å². The highest BCUT2D eigenvalue weighted by atomic mass is 19.1. The van der Waals surface area contributed by atoms with Gasteiger partial charge in [0.25, 0.3) is 0 Å². The number of hydrogen-bond donors (Lipinski definition) is 1. The zero-order chi connectivity index (χ0) is 16.8. The number of hydrogen-bond acceptors (Lipinski definition) is 5. The fourth-order valence-corrected chi connectivity index (χ4v) is 2.79. The van der Waals surface area contributed by atoms with E-state index >= 15 is 0 Å². The van der Waals surface area contributed by atoms with Gasteiger partial charge in [-0.05, 0) is 29.8 Å². The predicted molar refractivity (Wildman–Crippen MR) is 85.9 cm³/mol. The smallest absolute Gasteiger partial charge is 0.129 e. The topological polar surface area (TPSA) is 55.1 Å². The van der Waals surface area contributed by atoms with Gasteiger partial charge < -0.3 is 19.0 Å². The predicted octanol–water partition coefficient (Wildman–Crippen LogP) is 2.37. The van der Waals surface area contributed by atoms with Crippen molar-refractivity contribution in [1.29, 1.82) is 0 Å². The Kier molecular flexibility index (Phi) is 5.98. The van der Waals surface area contributed by atoms with Crippen LogP contribution in [0.4, 0.5) is 4.39 Å². The summed E-state index contributed by atoms with van der Waals surface area (Å²) in [7, 11) is 0. The number of furan rings is 1. The van der Waals surface area contributed by atoms with E-state index in [9.17, 15) is 9.50 Å². The minimum Gasteiger partial charge on any atom is -0.467 e. The summed E-state index contributed by atoms with van der Waals surface area (Å²) >= 11 is 0. The van der Waals surface area contributed by atoms with Crippen LogP contribution in [0.15, 0.2) is 47.1 Å². The molecule has 24 heavy (non-hydrogen) atoms. The molecule has 0 spiro atoms. The highest BCUT2D eigenvalue weighted by Crippen LogP contribution is 2.22. The molecule has 1 aliphatic rings. The molecule has 6 heteroatoms. The fourth-order valence-electron chi connectivity index (χ4n) is 2.79. The van der Waals surface area contributed by atoms with Crippen LogP contribution in [0, 0.1) is 5.82 Å². The number of β-amino-alcohol motifs (C(OH)–C–C–N with tert-alkyl or cyclic N) is 1. The molecule has 1 saturated heterocycles. The molecule has 130 valence electrons. The van der Waals surface area contributed by atoms with Crippen molar-refractivity contribution in [2.75, 3.05) is 32.8 Å². The second kappa shape index (κ2) is 8.39. The number of aliphatic hydroxyl groups is 1. The van der Waals surface area contributed by atoms with Gasteiger partial charge in [-0.3, -0.25) is 4.90 Å². The Morgan fingerprint density at radius 1 is 1.29 bits per heavy atom. The van der Waals surface area contributed by atoms with Crippen LogP contribution in [0.1, 0.15) is 17.4 Å². The Bertz CT molecular complexity index is 602. The molecular weight excluding hydrogens is 313 g/mol. The standard InChI is InChI=1S/C18H22FNO4/c19-15-5-3-14(4-6-15)18-11-20(7-9-24-18)10-16(21)12-22-13-17-2-1-8-23-17/h1-6,8,16,18,21H,7,9-13H2/t16-,18+/m1/s1. The van der Waals surface area contributed by atoms with Crippen LogP contribution in [0.3, 0.4) is 0 Å². The van der Waals surface area contributed by atoms with Gasteiger partial charge in [0.2, 0.25) is 0 Å². The van der Waals surface area contributed by atoms with Crippen molar-refractivity contribution in [3.8, 4) is 0 Å². The number of halogens is 1. The third-order valence-corrected chi connectivity index (χ3v) is 4.00. The summed E-state index contributed by atoms with van der Waals surface area (Å²) in [6, 6.07) is 10.0. The van der Waals surface area contributed by atoms with Crippen LogP contribution in [0.5, 0.6) is 0 Å². The van der Waals surface area contributed by atoms with E-state index in [1.807, 2.05) is 6.07 Å². The van der Waals surface area contributed by atoms with Crippen LogP contribution < -0.4 is 0 Å². The van der Waals surface area contributed by atoms with Gasteiger partial charge in [0.15, 0.2) is 0 Å². The molecule has 0 bridgehead atoms. The molecule has 1 aromatic carbocycles. The first-order chi connectivity index (χ1) is 11.7. The van der Waals surface area contributed by atoms with E-state index in [0.717, 1.165) is 17.9 Å². The number of aliphatic hydroxyl groups excluding tert-OH is 1. The molecular formula is C18H22FNO4. The number of ether oxygens (including phenoxy) is 2. The van der Waals surface area contributed by atoms with E-state index in [1.54, 1.807) is 24.5 Å². The second-order valence-corrected chi connectivity index (χ2v) is 5.92. The second-order valence-electron chi connectivity index (χ2n) is 5.92. The maximum absolute atomic E-state index is 13.0. The Balaban J connectivity index is 1.43. The van der Waals surface area contributed by atoms with E-state index in [-0.39, 0.29) is 18.5 Å². The zero-order valence-corrected chi connectivity index (χ0v) is 13.4. The summed E-state index contributed by atoms with van der Waals surface area (Å²) in [5.41, 5.74) is 0.949. The molecule has 5 nitrogen and oxygen atoms in total. The largest absolute Gasteiger partial charge is 0.467 e. The van der Waals surface area contributed by atoms with E-state index in [2.05, 4.69) is 4.90 Å². The number of morpholine rings is 1. The maximum atomic E-state index is 13.0. The minimum absolute atomic E-state index is 0.101. The SMILES string of the molecule is O[C@@H](COCc1ccco1)CN1CCO[C@H](c2ccc(F)cc2)C1. The molecule has 0 saturated carbocycles. The molecule has 2 heterocycles. The Morgan fingerprint density at radius 2 is 2.12 bits per heavy atom. The van der Waals surface area contributed by atoms with Crippen LogP contribution in [-0.4, -0.2) is 49.0 Å². The van der Waals surface area contributed by atoms with Gasteiger partial charge in [0.05, 0.1) is 31.7 Å². The molecule has 0 aliphatic carbocycles. The van der Waals surface area contributed by atoms with Gasteiger partial charge in [-0.2, -0.15) is 0 Å². The van der Waals surface area contributed by atoms with E-state index in [1.165, 1.54) is 12.1 Å². The molecule has 1 aliphatic heterocycles. The van der Waals surface area contributed by atoms with E-state index < -0.39 is 6.10 Å². The number of nitrogens with zero attached hydrogens (tertiary/aromatic N) is 1. The molecule has 0 radical (unpaired) electrons. The maximum Gasteiger partial charge on any atom is 0.129 e. The summed E-state index contributed by atoms with van der Waals surface area (Å²) in [5.74, 6) is 0.487. The van der Waals surface area contributed by atoms with Gasteiger partial charge in [-0.15, -0.1) is 0 Å². The normalized spacial score (nSPS) is 20.2. The summed E-state index contributed by atoms with van der Waals surface area (Å²) in [5, 5.41) is 10.1. The Labute approximate surface area is 140 Å². The van der Waals surface area contributed by atoms with Crippen molar-refractivity contribution < 1.29 is 23.4 Å². The van der Waals surface area contributed by atoms with Crippen LogP contribution in [-0.2, 0) is 16.1 Å². The number of benzene rings is 1. The lowest BCUT2D eigenvalue weighted by Gasteiger charge is -2.34. The Hall–Kier alpha value is -1.73.